The van der Waals surface area contributed by atoms with Crippen molar-refractivity contribution in [2.75, 3.05) is 26.4 Å². The second-order valence-corrected chi connectivity index (χ2v) is 12.0. The maximum Gasteiger partial charge on any atom is 0.123 e. The molecule has 0 aromatic heterocycles. The van der Waals surface area contributed by atoms with Gasteiger partial charge in [-0.15, -0.1) is 0 Å². The summed E-state index contributed by atoms with van der Waals surface area (Å²) in [6, 6.07) is 21.0. The molecule has 3 rings (SSSR count). The molecule has 0 saturated carbocycles. The van der Waals surface area contributed by atoms with Crippen LogP contribution in [0.4, 0.5) is 0 Å². The van der Waals surface area contributed by atoms with Crippen molar-refractivity contribution in [3.63, 3.8) is 0 Å². The SMILES string of the molecule is CC.CCCCCOc1cc(/C=C/c2ccc(/C=C/c3cc(OCCCCC)cc(OCCCCC)c3)cc2)cc(OCCCCC)c1. The number of unbranched alkanes of at least 4 members (excludes halogenated alkanes) is 8. The van der Waals surface area contributed by atoms with Gasteiger partial charge in [0.1, 0.15) is 23.0 Å². The molecule has 4 nitrogen and oxygen atoms in total. The van der Waals surface area contributed by atoms with E-state index in [1.165, 1.54) is 51.4 Å². The predicted octanol–water partition coefficient (Wildman–Crippen LogP) is 13.3. The van der Waals surface area contributed by atoms with Gasteiger partial charge in [-0.3, -0.25) is 0 Å². The van der Waals surface area contributed by atoms with Crippen LogP contribution in [0, 0.1) is 0 Å². The highest BCUT2D eigenvalue weighted by Gasteiger charge is 2.05. The Morgan fingerprint density at radius 3 is 0.854 bits per heavy atom. The monoisotopic (exact) mass is 656 g/mol. The van der Waals surface area contributed by atoms with Crippen LogP contribution in [0.2, 0.25) is 0 Å². The summed E-state index contributed by atoms with van der Waals surface area (Å²) >= 11 is 0. The van der Waals surface area contributed by atoms with Gasteiger partial charge in [0.2, 0.25) is 0 Å². The number of hydrogen-bond donors (Lipinski definition) is 0. The summed E-state index contributed by atoms with van der Waals surface area (Å²) in [5.41, 5.74) is 4.43. The van der Waals surface area contributed by atoms with E-state index in [1.807, 2.05) is 26.0 Å². The molecule has 0 atom stereocenters. The van der Waals surface area contributed by atoms with Gasteiger partial charge >= 0.3 is 0 Å². The van der Waals surface area contributed by atoms with Crippen LogP contribution in [-0.2, 0) is 0 Å². The Morgan fingerprint density at radius 2 is 0.604 bits per heavy atom. The number of rotatable bonds is 24. The highest BCUT2D eigenvalue weighted by molar-refractivity contribution is 5.74. The van der Waals surface area contributed by atoms with E-state index in [0.717, 1.165) is 97.4 Å². The number of ether oxygens (including phenoxy) is 4. The molecule has 0 unspecified atom stereocenters. The van der Waals surface area contributed by atoms with E-state index >= 15 is 0 Å². The van der Waals surface area contributed by atoms with Crippen LogP contribution < -0.4 is 18.9 Å². The second-order valence-electron chi connectivity index (χ2n) is 12.0. The lowest BCUT2D eigenvalue weighted by Crippen LogP contribution is -2.00. The zero-order valence-corrected chi connectivity index (χ0v) is 31.0. The van der Waals surface area contributed by atoms with Crippen LogP contribution in [0.25, 0.3) is 24.3 Å². The second kappa shape index (κ2) is 26.3. The minimum Gasteiger partial charge on any atom is -0.493 e. The summed E-state index contributed by atoms with van der Waals surface area (Å²) in [6.45, 7) is 15.8. The summed E-state index contributed by atoms with van der Waals surface area (Å²) in [7, 11) is 0. The summed E-state index contributed by atoms with van der Waals surface area (Å²) in [4.78, 5) is 0. The molecule has 264 valence electrons. The molecule has 0 saturated heterocycles. The Balaban J connectivity index is 0.00000392. The van der Waals surface area contributed by atoms with Gasteiger partial charge in [0, 0.05) is 12.1 Å². The summed E-state index contributed by atoms with van der Waals surface area (Å²) < 4.78 is 24.3. The zero-order chi connectivity index (χ0) is 34.7. The average molecular weight is 657 g/mol. The van der Waals surface area contributed by atoms with Gasteiger partial charge in [-0.2, -0.15) is 0 Å². The summed E-state index contributed by atoms with van der Waals surface area (Å²) in [5, 5.41) is 0. The Hall–Kier alpha value is -3.66. The van der Waals surface area contributed by atoms with Gasteiger partial charge in [-0.1, -0.05) is 141 Å². The lowest BCUT2D eigenvalue weighted by molar-refractivity contribution is 0.291. The fourth-order valence-corrected chi connectivity index (χ4v) is 4.98. The van der Waals surface area contributed by atoms with Gasteiger partial charge in [-0.25, -0.2) is 0 Å². The first kappa shape index (κ1) is 40.5. The molecule has 0 bridgehead atoms. The molecule has 48 heavy (non-hydrogen) atoms. The Morgan fingerprint density at radius 1 is 0.354 bits per heavy atom. The lowest BCUT2D eigenvalue weighted by Gasteiger charge is -2.11. The third-order valence-electron chi connectivity index (χ3n) is 7.74. The van der Waals surface area contributed by atoms with Gasteiger partial charge in [0.15, 0.2) is 0 Å². The van der Waals surface area contributed by atoms with E-state index in [-0.39, 0.29) is 0 Å². The fraction of sp³-hybridized carbons (Fsp3) is 0.500. The van der Waals surface area contributed by atoms with Crippen LogP contribution >= 0.6 is 0 Å². The van der Waals surface area contributed by atoms with E-state index < -0.39 is 0 Å². The molecule has 0 heterocycles. The minimum absolute atomic E-state index is 0.731. The molecule has 3 aromatic carbocycles. The van der Waals surface area contributed by atoms with Crippen LogP contribution in [0.5, 0.6) is 23.0 Å². The molecule has 0 amide bonds. The molecule has 0 radical (unpaired) electrons. The van der Waals surface area contributed by atoms with E-state index in [9.17, 15) is 0 Å². The highest BCUT2D eigenvalue weighted by Crippen LogP contribution is 2.27. The Kier molecular flexibility index (Phi) is 22.2. The lowest BCUT2D eigenvalue weighted by atomic mass is 10.1. The largest absolute Gasteiger partial charge is 0.493 e. The Labute approximate surface area is 293 Å². The van der Waals surface area contributed by atoms with Crippen molar-refractivity contribution >= 4 is 24.3 Å². The molecule has 4 heteroatoms. The molecule has 0 aliphatic rings. The zero-order valence-electron chi connectivity index (χ0n) is 31.0. The van der Waals surface area contributed by atoms with E-state index in [0.29, 0.717) is 0 Å². The molecule has 0 fully saturated rings. The molecule has 0 spiro atoms. The maximum atomic E-state index is 6.08. The summed E-state index contributed by atoms with van der Waals surface area (Å²) in [6.07, 6.45) is 22.3. The maximum absolute atomic E-state index is 6.08. The minimum atomic E-state index is 0.731. The van der Waals surface area contributed by atoms with Gasteiger partial charge < -0.3 is 18.9 Å². The topological polar surface area (TPSA) is 36.9 Å². The molecular formula is C44H64O4. The van der Waals surface area contributed by atoms with Crippen molar-refractivity contribution in [1.82, 2.24) is 0 Å². The van der Waals surface area contributed by atoms with E-state index in [4.69, 9.17) is 18.9 Å². The molecule has 0 aliphatic heterocycles. The van der Waals surface area contributed by atoms with Crippen LogP contribution in [0.1, 0.15) is 141 Å². The smallest absolute Gasteiger partial charge is 0.123 e. The van der Waals surface area contributed by atoms with Gasteiger partial charge in [0.05, 0.1) is 26.4 Å². The first-order valence-electron chi connectivity index (χ1n) is 18.9. The molecule has 0 aliphatic carbocycles. The molecule has 3 aromatic rings. The third kappa shape index (κ3) is 17.5. The van der Waals surface area contributed by atoms with Crippen molar-refractivity contribution < 1.29 is 18.9 Å². The van der Waals surface area contributed by atoms with E-state index in [1.54, 1.807) is 0 Å². The standard InChI is InChI=1S/C42H58O4.C2H6/c1-5-9-13-25-43-39-29-37(30-40(33-39)44-26-14-10-6-2)23-21-35-17-19-36(20-18-35)22-24-38-31-41(45-27-15-11-7-3)34-42(32-38)46-28-16-12-8-4;1-2/h17-24,29-34H,5-16,25-28H2,1-4H3;1-2H3/b23-21+,24-22+;. The van der Waals surface area contributed by atoms with Gasteiger partial charge in [0.25, 0.3) is 0 Å². The van der Waals surface area contributed by atoms with Gasteiger partial charge in [-0.05, 0) is 72.2 Å². The number of benzene rings is 3. The Bertz CT molecular complexity index is 1130. The normalized spacial score (nSPS) is 11.0. The highest BCUT2D eigenvalue weighted by atomic mass is 16.5. The van der Waals surface area contributed by atoms with Crippen molar-refractivity contribution in [3.05, 3.63) is 82.9 Å². The molecular weight excluding hydrogens is 592 g/mol. The van der Waals surface area contributed by atoms with Crippen LogP contribution in [0.15, 0.2) is 60.7 Å². The fourth-order valence-electron chi connectivity index (χ4n) is 4.98. The van der Waals surface area contributed by atoms with Crippen LogP contribution in [0.3, 0.4) is 0 Å². The first-order chi connectivity index (χ1) is 23.6. The van der Waals surface area contributed by atoms with Crippen molar-refractivity contribution in [1.29, 1.82) is 0 Å². The van der Waals surface area contributed by atoms with Crippen molar-refractivity contribution in [2.24, 2.45) is 0 Å². The van der Waals surface area contributed by atoms with Crippen molar-refractivity contribution in [2.45, 2.75) is 119 Å². The first-order valence-corrected chi connectivity index (χ1v) is 18.9. The average Bonchev–Trinajstić information content (AvgIpc) is 3.12. The predicted molar refractivity (Wildman–Crippen MR) is 209 cm³/mol. The third-order valence-corrected chi connectivity index (χ3v) is 7.74. The van der Waals surface area contributed by atoms with Crippen molar-refractivity contribution in [3.8, 4) is 23.0 Å². The molecule has 0 N–H and O–H groups in total. The van der Waals surface area contributed by atoms with E-state index in [2.05, 4.69) is 101 Å². The van der Waals surface area contributed by atoms with Crippen LogP contribution in [-0.4, -0.2) is 26.4 Å². The summed E-state index contributed by atoms with van der Waals surface area (Å²) in [5.74, 6) is 3.48. The quantitative estimate of drug-likeness (QED) is 0.0710. The number of hydrogen-bond acceptors (Lipinski definition) is 4.